The molecule has 1 atom stereocenters. The number of morpholine rings is 1. The predicted molar refractivity (Wildman–Crippen MR) is 145 cm³/mol. The van der Waals surface area contributed by atoms with Crippen molar-refractivity contribution in [3.63, 3.8) is 0 Å². The first-order chi connectivity index (χ1) is 18.6. The Bertz CT molecular complexity index is 1510. The highest BCUT2D eigenvalue weighted by atomic mass is 16.5. The molecule has 6 rings (SSSR count). The van der Waals surface area contributed by atoms with Crippen molar-refractivity contribution < 1.29 is 14.6 Å². The number of rotatable bonds is 6. The van der Waals surface area contributed by atoms with Crippen LogP contribution in [0.25, 0.3) is 11.3 Å². The molecule has 3 N–H and O–H groups in total. The summed E-state index contributed by atoms with van der Waals surface area (Å²) in [5.74, 6) is 2.21. The van der Waals surface area contributed by atoms with E-state index in [1.807, 2.05) is 37.3 Å². The second-order valence-electron chi connectivity index (χ2n) is 9.58. The van der Waals surface area contributed by atoms with E-state index in [2.05, 4.69) is 37.3 Å². The molecular weight excluding hydrogens is 482 g/mol. The first kappa shape index (κ1) is 24.1. The Morgan fingerprint density at radius 3 is 2.68 bits per heavy atom. The Kier molecular flexibility index (Phi) is 6.53. The maximum Gasteiger partial charge on any atom is 0.250 e. The van der Waals surface area contributed by atoms with Crippen molar-refractivity contribution in [2.24, 2.45) is 0 Å². The van der Waals surface area contributed by atoms with E-state index in [4.69, 9.17) is 9.47 Å². The molecule has 1 saturated heterocycles. The van der Waals surface area contributed by atoms with Crippen LogP contribution in [-0.2, 0) is 17.8 Å². The van der Waals surface area contributed by atoms with Gasteiger partial charge in [-0.15, -0.1) is 0 Å². The van der Waals surface area contributed by atoms with E-state index in [1.165, 1.54) is 0 Å². The molecule has 1 unspecified atom stereocenters. The predicted octanol–water partition coefficient (Wildman–Crippen LogP) is 4.03. The third-order valence-electron chi connectivity index (χ3n) is 6.92. The number of benzene rings is 2. The Morgan fingerprint density at radius 1 is 1.08 bits per heavy atom. The molecule has 0 aliphatic carbocycles. The van der Waals surface area contributed by atoms with Gasteiger partial charge in [-0.3, -0.25) is 4.79 Å². The van der Waals surface area contributed by atoms with Gasteiger partial charge in [0.1, 0.15) is 17.3 Å². The van der Waals surface area contributed by atoms with Gasteiger partial charge in [-0.25, -0.2) is 9.97 Å². The number of anilines is 2. The zero-order chi connectivity index (χ0) is 26.1. The van der Waals surface area contributed by atoms with Crippen LogP contribution >= 0.6 is 0 Å². The van der Waals surface area contributed by atoms with Crippen LogP contribution in [0.15, 0.2) is 65.7 Å². The minimum atomic E-state index is -0.141. The van der Waals surface area contributed by atoms with Gasteiger partial charge in [0.05, 0.1) is 31.6 Å². The van der Waals surface area contributed by atoms with Crippen LogP contribution in [0.4, 0.5) is 11.4 Å². The molecule has 0 amide bonds. The van der Waals surface area contributed by atoms with Gasteiger partial charge in [0.2, 0.25) is 5.56 Å². The highest BCUT2D eigenvalue weighted by Gasteiger charge is 2.23. The highest BCUT2D eigenvalue weighted by Crippen LogP contribution is 2.43. The van der Waals surface area contributed by atoms with E-state index in [0.717, 1.165) is 58.3 Å². The molecule has 4 aromatic rings. The van der Waals surface area contributed by atoms with Crippen LogP contribution in [0.2, 0.25) is 0 Å². The minimum Gasteiger partial charge on any atom is -0.456 e. The largest absolute Gasteiger partial charge is 0.456 e. The number of hydrogen-bond donors (Lipinski definition) is 3. The van der Waals surface area contributed by atoms with E-state index in [1.54, 1.807) is 18.5 Å². The lowest BCUT2D eigenvalue weighted by atomic mass is 9.96. The summed E-state index contributed by atoms with van der Waals surface area (Å²) >= 11 is 0. The summed E-state index contributed by atoms with van der Waals surface area (Å²) in [5, 5.41) is 12.7. The monoisotopic (exact) mass is 511 g/mol. The molecule has 0 saturated carbocycles. The molecule has 1 fully saturated rings. The lowest BCUT2D eigenvalue weighted by molar-refractivity contribution is 0.122. The molecule has 0 radical (unpaired) electrons. The molecule has 2 aromatic carbocycles. The van der Waals surface area contributed by atoms with E-state index < -0.39 is 0 Å². The molecular formula is C29H29N5O4. The van der Waals surface area contributed by atoms with Crippen molar-refractivity contribution in [1.82, 2.24) is 15.0 Å². The Balaban J connectivity index is 1.25. The van der Waals surface area contributed by atoms with Crippen molar-refractivity contribution in [2.75, 3.05) is 36.5 Å². The zero-order valence-corrected chi connectivity index (χ0v) is 21.1. The van der Waals surface area contributed by atoms with Gasteiger partial charge in [0.15, 0.2) is 0 Å². The van der Waals surface area contributed by atoms with Crippen molar-refractivity contribution in [1.29, 1.82) is 0 Å². The number of ether oxygens (including phenoxy) is 2. The smallest absolute Gasteiger partial charge is 0.250 e. The molecule has 2 aliphatic heterocycles. The molecule has 4 heterocycles. The van der Waals surface area contributed by atoms with Crippen LogP contribution in [0, 0.1) is 0 Å². The standard InChI is InChI=1S/C29H29N5O4/c1-18(29-30-15-19(17-35)16-31-29)32-22-5-6-26-21(12-22)11-20-3-2-4-24(28(20)38-26)25-13-23(14-27(36)33-25)34-7-9-37-10-8-34/h2-6,12-16,18,32,35H,7-11,17H2,1H3,(H,33,36). The lowest BCUT2D eigenvalue weighted by Gasteiger charge is -2.29. The average molecular weight is 512 g/mol. The van der Waals surface area contributed by atoms with E-state index in [-0.39, 0.29) is 18.2 Å². The number of fused-ring (bicyclic) bond motifs is 2. The number of pyridine rings is 1. The average Bonchev–Trinajstić information content (AvgIpc) is 2.96. The van der Waals surface area contributed by atoms with E-state index in [9.17, 15) is 9.90 Å². The third kappa shape index (κ3) is 4.85. The van der Waals surface area contributed by atoms with Crippen molar-refractivity contribution in [3.05, 3.63) is 93.8 Å². The zero-order valence-electron chi connectivity index (χ0n) is 21.1. The van der Waals surface area contributed by atoms with Gasteiger partial charge in [0.25, 0.3) is 0 Å². The number of aliphatic hydroxyl groups excluding tert-OH is 1. The number of aromatic amines is 1. The third-order valence-corrected chi connectivity index (χ3v) is 6.92. The SMILES string of the molecule is CC(Nc1ccc2c(c1)Cc1cccc(-c3cc(N4CCOCC4)cc(=O)[nH]3)c1O2)c1ncc(CO)cn1. The van der Waals surface area contributed by atoms with Crippen LogP contribution in [0.3, 0.4) is 0 Å². The van der Waals surface area contributed by atoms with Crippen LogP contribution in [0.1, 0.15) is 35.5 Å². The second-order valence-corrected chi connectivity index (χ2v) is 9.58. The summed E-state index contributed by atoms with van der Waals surface area (Å²) in [5.41, 5.74) is 6.09. The minimum absolute atomic E-state index is 0.0779. The quantitative estimate of drug-likeness (QED) is 0.313. The van der Waals surface area contributed by atoms with Crippen LogP contribution < -0.4 is 20.5 Å². The van der Waals surface area contributed by atoms with E-state index >= 15 is 0 Å². The van der Waals surface area contributed by atoms with Crippen LogP contribution in [-0.4, -0.2) is 46.4 Å². The van der Waals surface area contributed by atoms with Crippen molar-refractivity contribution in [2.45, 2.75) is 26.0 Å². The fourth-order valence-electron chi connectivity index (χ4n) is 4.94. The van der Waals surface area contributed by atoms with Gasteiger partial charge in [-0.05, 0) is 42.8 Å². The summed E-state index contributed by atoms with van der Waals surface area (Å²) in [6.07, 6.45) is 3.98. The van der Waals surface area contributed by atoms with Crippen molar-refractivity contribution >= 4 is 11.4 Å². The van der Waals surface area contributed by atoms with Gasteiger partial charge in [-0.2, -0.15) is 0 Å². The fourth-order valence-corrected chi connectivity index (χ4v) is 4.94. The summed E-state index contributed by atoms with van der Waals surface area (Å²) in [7, 11) is 0. The van der Waals surface area contributed by atoms with Gasteiger partial charge in [0, 0.05) is 66.0 Å². The maximum atomic E-state index is 12.6. The lowest BCUT2D eigenvalue weighted by Crippen LogP contribution is -2.36. The molecule has 9 heteroatoms. The number of aliphatic hydroxyl groups is 1. The summed E-state index contributed by atoms with van der Waals surface area (Å²) < 4.78 is 11.9. The van der Waals surface area contributed by atoms with Gasteiger partial charge in [-0.1, -0.05) is 12.1 Å². The number of para-hydroxylation sites is 1. The number of hydrogen-bond acceptors (Lipinski definition) is 8. The first-order valence-corrected chi connectivity index (χ1v) is 12.8. The van der Waals surface area contributed by atoms with Gasteiger partial charge >= 0.3 is 0 Å². The fraction of sp³-hybridized carbons (Fsp3) is 0.276. The molecule has 0 bridgehead atoms. The van der Waals surface area contributed by atoms with Gasteiger partial charge < -0.3 is 29.8 Å². The number of nitrogens with one attached hydrogen (secondary N) is 2. The maximum absolute atomic E-state index is 12.6. The molecule has 194 valence electrons. The van der Waals surface area contributed by atoms with Crippen molar-refractivity contribution in [3.8, 4) is 22.8 Å². The second kappa shape index (κ2) is 10.3. The highest BCUT2D eigenvalue weighted by molar-refractivity contribution is 5.74. The normalized spacial score (nSPS) is 15.3. The first-order valence-electron chi connectivity index (χ1n) is 12.8. The topological polar surface area (TPSA) is 113 Å². The molecule has 9 nitrogen and oxygen atoms in total. The Labute approximate surface area is 220 Å². The molecule has 2 aromatic heterocycles. The molecule has 0 spiro atoms. The molecule has 2 aliphatic rings. The number of H-pyrrole nitrogens is 1. The summed E-state index contributed by atoms with van der Waals surface area (Å²) in [4.78, 5) is 26.5. The summed E-state index contributed by atoms with van der Waals surface area (Å²) in [6.45, 7) is 4.75. The summed E-state index contributed by atoms with van der Waals surface area (Å²) in [6, 6.07) is 15.6. The Hall–Kier alpha value is -4.21. The molecule has 38 heavy (non-hydrogen) atoms. The number of aromatic nitrogens is 3. The number of nitrogens with zero attached hydrogens (tertiary/aromatic N) is 3. The Morgan fingerprint density at radius 2 is 1.89 bits per heavy atom. The van der Waals surface area contributed by atoms with Crippen LogP contribution in [0.5, 0.6) is 11.5 Å². The van der Waals surface area contributed by atoms with E-state index in [0.29, 0.717) is 31.0 Å².